The van der Waals surface area contributed by atoms with Crippen molar-refractivity contribution in [3.63, 3.8) is 0 Å². The summed E-state index contributed by atoms with van der Waals surface area (Å²) in [7, 11) is 3.05. The van der Waals surface area contributed by atoms with E-state index >= 15 is 0 Å². The summed E-state index contributed by atoms with van der Waals surface area (Å²) in [5, 5.41) is 5.40. The third-order valence-corrected chi connectivity index (χ3v) is 2.53. The molecule has 0 saturated carbocycles. The Hall–Kier alpha value is -1.82. The number of nitrogens with two attached hydrogens (primary N) is 1. The van der Waals surface area contributed by atoms with E-state index in [2.05, 4.69) is 10.6 Å². The maximum Gasteiger partial charge on any atom is 0.221 e. The van der Waals surface area contributed by atoms with Crippen LogP contribution in [0.5, 0.6) is 5.75 Å². The second-order valence-electron chi connectivity index (χ2n) is 3.80. The Morgan fingerprint density at radius 3 is 2.83 bits per heavy atom. The highest BCUT2D eigenvalue weighted by Crippen LogP contribution is 2.22. The lowest BCUT2D eigenvalue weighted by atomic mass is 10.1. The van der Waals surface area contributed by atoms with Crippen molar-refractivity contribution in [2.24, 2.45) is 5.73 Å². The van der Waals surface area contributed by atoms with Crippen LogP contribution in [0, 0.1) is 5.82 Å². The van der Waals surface area contributed by atoms with Gasteiger partial charge in [0.25, 0.3) is 0 Å². The number of methoxy groups -OCH3 is 1. The number of ether oxygens (including phenoxy) is 1. The van der Waals surface area contributed by atoms with Gasteiger partial charge in [-0.25, -0.2) is 4.39 Å². The van der Waals surface area contributed by atoms with Crippen LogP contribution in [0.4, 0.5) is 10.1 Å². The van der Waals surface area contributed by atoms with Crippen LogP contribution >= 0.6 is 0 Å². The molecule has 0 bridgehead atoms. The van der Waals surface area contributed by atoms with Gasteiger partial charge < -0.3 is 21.1 Å². The third-order valence-electron chi connectivity index (χ3n) is 2.53. The Balaban J connectivity index is 2.77. The summed E-state index contributed by atoms with van der Waals surface area (Å²) in [6.45, 7) is 0.226. The Morgan fingerprint density at radius 2 is 2.28 bits per heavy atom. The maximum absolute atomic E-state index is 13.6. The molecule has 0 fully saturated rings. The minimum atomic E-state index is -0.411. The first-order valence-electron chi connectivity index (χ1n) is 5.61. The molecule has 0 aromatic heterocycles. The lowest BCUT2D eigenvalue weighted by molar-refractivity contribution is -0.120. The number of nitrogens with one attached hydrogen (secondary N) is 2. The van der Waals surface area contributed by atoms with Gasteiger partial charge in [0, 0.05) is 32.1 Å². The molecular formula is C12H18FN3O2. The fourth-order valence-electron chi connectivity index (χ4n) is 1.48. The van der Waals surface area contributed by atoms with Crippen LogP contribution in [0.1, 0.15) is 6.42 Å². The third kappa shape index (κ3) is 3.89. The fraction of sp³-hybridized carbons (Fsp3) is 0.417. The molecule has 0 spiro atoms. The number of benzene rings is 1. The van der Waals surface area contributed by atoms with Gasteiger partial charge in [-0.15, -0.1) is 0 Å². The Kier molecular flexibility index (Phi) is 5.38. The molecule has 0 radical (unpaired) electrons. The first-order chi connectivity index (χ1) is 8.60. The number of halogens is 1. The van der Waals surface area contributed by atoms with E-state index in [1.54, 1.807) is 7.05 Å². The zero-order chi connectivity index (χ0) is 13.5. The smallest absolute Gasteiger partial charge is 0.221 e. The molecule has 1 aromatic carbocycles. The highest BCUT2D eigenvalue weighted by molar-refractivity contribution is 5.76. The molecule has 0 saturated heterocycles. The average molecular weight is 255 g/mol. The molecule has 18 heavy (non-hydrogen) atoms. The molecule has 5 nitrogen and oxygen atoms in total. The average Bonchev–Trinajstić information content (AvgIpc) is 2.39. The molecule has 100 valence electrons. The van der Waals surface area contributed by atoms with Gasteiger partial charge in [0.1, 0.15) is 11.6 Å². The van der Waals surface area contributed by atoms with E-state index in [9.17, 15) is 9.18 Å². The highest BCUT2D eigenvalue weighted by Gasteiger charge is 2.13. The van der Waals surface area contributed by atoms with Crippen molar-refractivity contribution in [2.75, 3.05) is 26.0 Å². The van der Waals surface area contributed by atoms with Crippen molar-refractivity contribution in [1.29, 1.82) is 0 Å². The van der Waals surface area contributed by atoms with Crippen LogP contribution in [-0.2, 0) is 4.79 Å². The van der Waals surface area contributed by atoms with E-state index in [1.807, 2.05) is 0 Å². The van der Waals surface area contributed by atoms with Crippen molar-refractivity contribution in [3.8, 4) is 5.75 Å². The molecule has 1 atom stereocenters. The van der Waals surface area contributed by atoms with E-state index in [0.717, 1.165) is 0 Å². The Bertz CT molecular complexity index is 412. The van der Waals surface area contributed by atoms with E-state index in [4.69, 9.17) is 10.5 Å². The topological polar surface area (TPSA) is 76.4 Å². The molecule has 6 heteroatoms. The number of amides is 1. The molecule has 1 amide bonds. The molecular weight excluding hydrogens is 237 g/mol. The monoisotopic (exact) mass is 255 g/mol. The summed E-state index contributed by atoms with van der Waals surface area (Å²) in [5.74, 6) is -0.0259. The van der Waals surface area contributed by atoms with Crippen LogP contribution < -0.4 is 21.1 Å². The minimum Gasteiger partial charge on any atom is -0.497 e. The Labute approximate surface area is 106 Å². The van der Waals surface area contributed by atoms with Gasteiger partial charge >= 0.3 is 0 Å². The van der Waals surface area contributed by atoms with Gasteiger partial charge in [-0.2, -0.15) is 0 Å². The summed E-state index contributed by atoms with van der Waals surface area (Å²) in [4.78, 5) is 11.3. The molecule has 0 aliphatic rings. The second kappa shape index (κ2) is 6.80. The minimum absolute atomic E-state index is 0.152. The van der Waals surface area contributed by atoms with Gasteiger partial charge in [0.2, 0.25) is 5.91 Å². The molecule has 4 N–H and O–H groups in total. The normalized spacial score (nSPS) is 11.8. The van der Waals surface area contributed by atoms with E-state index < -0.39 is 5.82 Å². The van der Waals surface area contributed by atoms with Gasteiger partial charge in [0.15, 0.2) is 0 Å². The second-order valence-corrected chi connectivity index (χ2v) is 3.80. The van der Waals surface area contributed by atoms with Crippen LogP contribution in [0.3, 0.4) is 0 Å². The van der Waals surface area contributed by atoms with Gasteiger partial charge in [-0.05, 0) is 12.1 Å². The largest absolute Gasteiger partial charge is 0.497 e. The highest BCUT2D eigenvalue weighted by atomic mass is 19.1. The molecule has 1 unspecified atom stereocenters. The number of hydrogen-bond acceptors (Lipinski definition) is 4. The van der Waals surface area contributed by atoms with E-state index in [1.165, 1.54) is 25.3 Å². The van der Waals surface area contributed by atoms with Gasteiger partial charge in [0.05, 0.1) is 12.8 Å². The van der Waals surface area contributed by atoms with Crippen LogP contribution in [0.15, 0.2) is 18.2 Å². The lowest BCUT2D eigenvalue weighted by Crippen LogP contribution is -2.34. The standard InChI is InChI=1S/C12H18FN3O2/c1-15-12(17)5-8(7-14)16-11-6-9(18-2)3-4-10(11)13/h3-4,6,8,16H,5,7,14H2,1-2H3,(H,15,17). The number of carbonyl (C=O) groups is 1. The Morgan fingerprint density at radius 1 is 1.56 bits per heavy atom. The zero-order valence-electron chi connectivity index (χ0n) is 10.5. The first kappa shape index (κ1) is 14.2. The van der Waals surface area contributed by atoms with Crippen molar-refractivity contribution in [2.45, 2.75) is 12.5 Å². The number of carbonyl (C=O) groups excluding carboxylic acids is 1. The summed E-state index contributed by atoms with van der Waals surface area (Å²) in [6.07, 6.45) is 0.184. The fourth-order valence-corrected chi connectivity index (χ4v) is 1.48. The van der Waals surface area contributed by atoms with Crippen LogP contribution in [0.2, 0.25) is 0 Å². The predicted molar refractivity (Wildman–Crippen MR) is 68.1 cm³/mol. The zero-order valence-corrected chi connectivity index (χ0v) is 10.5. The summed E-state index contributed by atoms with van der Waals surface area (Å²) in [6, 6.07) is 4.03. The summed E-state index contributed by atoms with van der Waals surface area (Å²) in [5.41, 5.74) is 5.82. The van der Waals surface area contributed by atoms with Gasteiger partial charge in [-0.1, -0.05) is 0 Å². The summed E-state index contributed by atoms with van der Waals surface area (Å²) < 4.78 is 18.6. The molecule has 0 heterocycles. The summed E-state index contributed by atoms with van der Waals surface area (Å²) >= 11 is 0. The lowest BCUT2D eigenvalue weighted by Gasteiger charge is -2.18. The number of anilines is 1. The van der Waals surface area contributed by atoms with E-state index in [0.29, 0.717) is 5.75 Å². The maximum atomic E-state index is 13.6. The van der Waals surface area contributed by atoms with Crippen molar-refractivity contribution in [1.82, 2.24) is 5.32 Å². The predicted octanol–water partition coefficient (Wildman–Crippen LogP) is 0.710. The van der Waals surface area contributed by atoms with Crippen LogP contribution in [0.25, 0.3) is 0 Å². The quantitative estimate of drug-likeness (QED) is 0.699. The molecule has 1 rings (SSSR count). The number of rotatable bonds is 6. The van der Waals surface area contributed by atoms with Crippen molar-refractivity contribution in [3.05, 3.63) is 24.0 Å². The van der Waals surface area contributed by atoms with E-state index in [-0.39, 0.29) is 30.6 Å². The molecule has 0 aliphatic heterocycles. The number of hydrogen-bond donors (Lipinski definition) is 3. The van der Waals surface area contributed by atoms with Crippen molar-refractivity contribution < 1.29 is 13.9 Å². The first-order valence-corrected chi connectivity index (χ1v) is 5.61. The van der Waals surface area contributed by atoms with Gasteiger partial charge in [-0.3, -0.25) is 4.79 Å². The van der Waals surface area contributed by atoms with Crippen molar-refractivity contribution >= 4 is 11.6 Å². The molecule has 0 aliphatic carbocycles. The van der Waals surface area contributed by atoms with Crippen LogP contribution in [-0.4, -0.2) is 32.7 Å². The SMILES string of the molecule is CNC(=O)CC(CN)Nc1cc(OC)ccc1F. The molecule has 1 aromatic rings.